The zero-order valence-electron chi connectivity index (χ0n) is 38.7. The van der Waals surface area contributed by atoms with Gasteiger partial charge >= 0.3 is 19.8 Å². The second-order valence-electron chi connectivity index (χ2n) is 17.2. The third kappa shape index (κ3) is 49.1. The van der Waals surface area contributed by atoms with E-state index in [4.69, 9.17) is 19.3 Å². The SMILES string of the molecule is CCCCCCC/C=C\C/C=C\CCCCCCCCCCCC(=O)OC(COC(=O)CCCCCCCCCCCCCCCCCCCCCC)COP(=O)(O)O. The standard InChI is InChI=1S/C50H95O8P/c1-3-5-7-9-11-13-15-17-19-21-23-25-27-29-31-33-35-37-39-41-43-45-50(52)58-48(47-57-59(53,54)55)46-56-49(51)44-42-40-38-36-34-32-30-28-26-24-22-20-18-16-14-12-10-8-6-4-2/h15,17,21,23,48H,3-14,16,18-20,22,24-47H2,1-2H3,(H2,53,54,55)/b17-15-,23-21-. The Hall–Kier alpha value is -1.47. The summed E-state index contributed by atoms with van der Waals surface area (Å²) in [5, 5.41) is 0. The fourth-order valence-electron chi connectivity index (χ4n) is 7.47. The van der Waals surface area contributed by atoms with Gasteiger partial charge in [-0.1, -0.05) is 231 Å². The van der Waals surface area contributed by atoms with E-state index in [1.54, 1.807) is 0 Å². The zero-order valence-corrected chi connectivity index (χ0v) is 39.6. The lowest BCUT2D eigenvalue weighted by atomic mass is 10.0. The molecule has 0 saturated carbocycles. The predicted octanol–water partition coefficient (Wildman–Crippen LogP) is 15.9. The van der Waals surface area contributed by atoms with Crippen molar-refractivity contribution in [2.24, 2.45) is 0 Å². The van der Waals surface area contributed by atoms with E-state index < -0.39 is 32.5 Å². The normalized spacial score (nSPS) is 12.5. The van der Waals surface area contributed by atoms with Crippen molar-refractivity contribution < 1.29 is 37.9 Å². The summed E-state index contributed by atoms with van der Waals surface area (Å²) >= 11 is 0. The zero-order chi connectivity index (χ0) is 43.2. The number of phosphoric acid groups is 1. The van der Waals surface area contributed by atoms with Crippen LogP contribution in [-0.2, 0) is 28.2 Å². The van der Waals surface area contributed by atoms with Crippen LogP contribution in [0.4, 0.5) is 0 Å². The Kier molecular flexibility index (Phi) is 44.9. The molecular weight excluding hydrogens is 760 g/mol. The number of esters is 2. The lowest BCUT2D eigenvalue weighted by Gasteiger charge is -2.18. The lowest BCUT2D eigenvalue weighted by Crippen LogP contribution is -2.29. The smallest absolute Gasteiger partial charge is 0.462 e. The molecule has 0 aliphatic rings. The Morgan fingerprint density at radius 3 is 1.12 bits per heavy atom. The fourth-order valence-corrected chi connectivity index (χ4v) is 7.83. The molecule has 0 rings (SSSR count). The van der Waals surface area contributed by atoms with Gasteiger partial charge in [0.2, 0.25) is 0 Å². The Balaban J connectivity index is 3.81. The third-order valence-electron chi connectivity index (χ3n) is 11.2. The highest BCUT2D eigenvalue weighted by Gasteiger charge is 2.23. The molecule has 0 aromatic rings. The van der Waals surface area contributed by atoms with Crippen molar-refractivity contribution in [1.29, 1.82) is 0 Å². The molecule has 1 unspecified atom stereocenters. The molecule has 0 saturated heterocycles. The Morgan fingerprint density at radius 2 is 0.763 bits per heavy atom. The topological polar surface area (TPSA) is 119 Å². The maximum Gasteiger partial charge on any atom is 0.469 e. The third-order valence-corrected chi connectivity index (χ3v) is 11.7. The van der Waals surface area contributed by atoms with Crippen molar-refractivity contribution in [3.05, 3.63) is 24.3 Å². The van der Waals surface area contributed by atoms with Gasteiger partial charge in [-0.3, -0.25) is 14.1 Å². The van der Waals surface area contributed by atoms with Gasteiger partial charge in [-0.2, -0.15) is 0 Å². The number of carbonyl (C=O) groups excluding carboxylic acids is 2. The summed E-state index contributed by atoms with van der Waals surface area (Å²) in [6.45, 7) is 3.72. The molecule has 348 valence electrons. The molecule has 0 spiro atoms. The average molecular weight is 855 g/mol. The second-order valence-corrected chi connectivity index (χ2v) is 18.4. The number of rotatable bonds is 47. The quantitative estimate of drug-likeness (QED) is 0.0269. The van der Waals surface area contributed by atoms with E-state index in [9.17, 15) is 14.2 Å². The van der Waals surface area contributed by atoms with Crippen LogP contribution in [0.15, 0.2) is 24.3 Å². The first-order chi connectivity index (χ1) is 28.8. The van der Waals surface area contributed by atoms with Crippen molar-refractivity contribution >= 4 is 19.8 Å². The van der Waals surface area contributed by atoms with Gasteiger partial charge in [0.1, 0.15) is 6.61 Å². The van der Waals surface area contributed by atoms with Crippen molar-refractivity contribution in [1.82, 2.24) is 0 Å². The number of allylic oxidation sites excluding steroid dienone is 4. The van der Waals surface area contributed by atoms with Crippen LogP contribution >= 0.6 is 7.82 Å². The molecule has 0 bridgehead atoms. The van der Waals surface area contributed by atoms with Crippen molar-refractivity contribution in [3.63, 3.8) is 0 Å². The number of hydrogen-bond donors (Lipinski definition) is 2. The second kappa shape index (κ2) is 46.0. The van der Waals surface area contributed by atoms with Gasteiger partial charge in [0, 0.05) is 12.8 Å². The highest BCUT2D eigenvalue weighted by atomic mass is 31.2. The number of phosphoric ester groups is 1. The van der Waals surface area contributed by atoms with Crippen LogP contribution in [0.3, 0.4) is 0 Å². The van der Waals surface area contributed by atoms with Crippen LogP contribution < -0.4 is 0 Å². The Labute approximate surface area is 364 Å². The molecule has 59 heavy (non-hydrogen) atoms. The van der Waals surface area contributed by atoms with Gasteiger partial charge < -0.3 is 19.3 Å². The Bertz CT molecular complexity index is 1010. The van der Waals surface area contributed by atoms with E-state index in [0.717, 1.165) is 51.4 Å². The summed E-state index contributed by atoms with van der Waals surface area (Å²) in [5.41, 5.74) is 0. The number of carbonyl (C=O) groups is 2. The van der Waals surface area contributed by atoms with Gasteiger partial charge in [-0.15, -0.1) is 0 Å². The average Bonchev–Trinajstić information content (AvgIpc) is 3.21. The first-order valence-electron chi connectivity index (χ1n) is 25.1. The van der Waals surface area contributed by atoms with Crippen LogP contribution in [0.2, 0.25) is 0 Å². The highest BCUT2D eigenvalue weighted by Crippen LogP contribution is 2.36. The molecular formula is C50H95O8P. The molecule has 8 nitrogen and oxygen atoms in total. The van der Waals surface area contributed by atoms with Gasteiger partial charge in [-0.25, -0.2) is 4.57 Å². The Morgan fingerprint density at radius 1 is 0.441 bits per heavy atom. The molecule has 0 aromatic heterocycles. The predicted molar refractivity (Wildman–Crippen MR) is 249 cm³/mol. The van der Waals surface area contributed by atoms with Gasteiger partial charge in [0.05, 0.1) is 6.61 Å². The fraction of sp³-hybridized carbons (Fsp3) is 0.880. The van der Waals surface area contributed by atoms with E-state index in [0.29, 0.717) is 6.42 Å². The van der Waals surface area contributed by atoms with E-state index >= 15 is 0 Å². The summed E-state index contributed by atoms with van der Waals surface area (Å²) in [4.78, 5) is 43.1. The van der Waals surface area contributed by atoms with Gasteiger partial charge in [0.15, 0.2) is 6.10 Å². The minimum absolute atomic E-state index is 0.210. The molecule has 0 amide bonds. The molecule has 0 heterocycles. The largest absolute Gasteiger partial charge is 0.469 e. The summed E-state index contributed by atoms with van der Waals surface area (Å²) in [6, 6.07) is 0. The van der Waals surface area contributed by atoms with E-state index in [-0.39, 0.29) is 19.4 Å². The monoisotopic (exact) mass is 855 g/mol. The van der Waals surface area contributed by atoms with Crippen LogP contribution in [-0.4, -0.2) is 41.0 Å². The van der Waals surface area contributed by atoms with E-state index in [1.807, 2.05) is 0 Å². The van der Waals surface area contributed by atoms with E-state index in [2.05, 4.69) is 42.7 Å². The summed E-state index contributed by atoms with van der Waals surface area (Å²) in [7, 11) is -4.76. The van der Waals surface area contributed by atoms with Crippen molar-refractivity contribution in [2.45, 2.75) is 270 Å². The molecule has 0 fully saturated rings. The number of hydrogen-bond acceptors (Lipinski definition) is 6. The molecule has 9 heteroatoms. The van der Waals surface area contributed by atoms with Crippen LogP contribution in [0.1, 0.15) is 264 Å². The molecule has 0 aliphatic carbocycles. The summed E-state index contributed by atoms with van der Waals surface area (Å²) in [6.07, 6.45) is 54.8. The van der Waals surface area contributed by atoms with Crippen LogP contribution in [0.5, 0.6) is 0 Å². The number of ether oxygens (including phenoxy) is 2. The number of unbranched alkanes of at least 4 members (excludes halogenated alkanes) is 33. The molecule has 2 N–H and O–H groups in total. The molecule has 1 atom stereocenters. The maximum absolute atomic E-state index is 12.5. The van der Waals surface area contributed by atoms with E-state index in [1.165, 1.54) is 180 Å². The van der Waals surface area contributed by atoms with Crippen molar-refractivity contribution in [3.8, 4) is 0 Å². The van der Waals surface area contributed by atoms with Crippen LogP contribution in [0.25, 0.3) is 0 Å². The molecule has 0 aliphatic heterocycles. The minimum Gasteiger partial charge on any atom is -0.462 e. The van der Waals surface area contributed by atoms with Crippen molar-refractivity contribution in [2.75, 3.05) is 13.2 Å². The maximum atomic E-state index is 12.5. The summed E-state index contributed by atoms with van der Waals surface area (Å²) in [5.74, 6) is -0.874. The molecule has 0 radical (unpaired) electrons. The lowest BCUT2D eigenvalue weighted by molar-refractivity contribution is -0.161. The van der Waals surface area contributed by atoms with Crippen LogP contribution in [0, 0.1) is 0 Å². The van der Waals surface area contributed by atoms with Gasteiger partial charge in [0.25, 0.3) is 0 Å². The first-order valence-corrected chi connectivity index (χ1v) is 26.7. The first kappa shape index (κ1) is 57.5. The summed E-state index contributed by atoms with van der Waals surface area (Å²) < 4.78 is 26.5. The van der Waals surface area contributed by atoms with Gasteiger partial charge in [-0.05, 0) is 44.9 Å². The highest BCUT2D eigenvalue weighted by molar-refractivity contribution is 7.46. The molecule has 0 aromatic carbocycles. The minimum atomic E-state index is -4.76.